The Morgan fingerprint density at radius 1 is 1.12 bits per heavy atom. The van der Waals surface area contributed by atoms with E-state index in [0.717, 1.165) is 23.1 Å². The summed E-state index contributed by atoms with van der Waals surface area (Å²) in [7, 11) is 0. The standard InChI is InChI=1S/C23H20ClF4N3O3/c1-13-20(33)30(10-15-3-5-16(6-4-15)23(26,27)28)22(11-29(12-22)14(2)32)21(34)31(13)19-8-7-17(24)9-18(19)25/h3-9,13H,10-12H2,1-2H3. The number of amides is 3. The zero-order chi connectivity index (χ0) is 25.0. The highest BCUT2D eigenvalue weighted by Crippen LogP contribution is 2.40. The third-order valence-electron chi connectivity index (χ3n) is 6.29. The smallest absolute Gasteiger partial charge is 0.337 e. The van der Waals surface area contributed by atoms with Crippen LogP contribution in [-0.4, -0.2) is 52.2 Å². The summed E-state index contributed by atoms with van der Waals surface area (Å²) in [6.45, 7) is 2.41. The van der Waals surface area contributed by atoms with Crippen molar-refractivity contribution in [2.45, 2.75) is 38.1 Å². The summed E-state index contributed by atoms with van der Waals surface area (Å²) in [5, 5.41) is 0.120. The zero-order valence-electron chi connectivity index (χ0n) is 18.2. The van der Waals surface area contributed by atoms with Gasteiger partial charge in [0.2, 0.25) is 11.8 Å². The van der Waals surface area contributed by atoms with Gasteiger partial charge in [0, 0.05) is 18.5 Å². The van der Waals surface area contributed by atoms with Crippen molar-refractivity contribution in [2.24, 2.45) is 0 Å². The van der Waals surface area contributed by atoms with E-state index in [2.05, 4.69) is 0 Å². The van der Waals surface area contributed by atoms with Gasteiger partial charge in [-0.1, -0.05) is 23.7 Å². The molecule has 34 heavy (non-hydrogen) atoms. The molecular weight excluding hydrogens is 478 g/mol. The molecule has 4 rings (SSSR count). The molecule has 0 aliphatic carbocycles. The van der Waals surface area contributed by atoms with Gasteiger partial charge in [0.25, 0.3) is 5.91 Å². The summed E-state index contributed by atoms with van der Waals surface area (Å²) < 4.78 is 53.5. The number of carbonyl (C=O) groups is 3. The van der Waals surface area contributed by atoms with Gasteiger partial charge in [0.15, 0.2) is 5.54 Å². The molecule has 0 saturated carbocycles. The highest BCUT2D eigenvalue weighted by atomic mass is 35.5. The molecule has 2 aliphatic rings. The summed E-state index contributed by atoms with van der Waals surface area (Å²) in [6, 6.07) is 6.94. The van der Waals surface area contributed by atoms with Gasteiger partial charge in [-0.15, -0.1) is 0 Å². The topological polar surface area (TPSA) is 60.9 Å². The van der Waals surface area contributed by atoms with E-state index in [4.69, 9.17) is 11.6 Å². The van der Waals surface area contributed by atoms with Crippen molar-refractivity contribution < 1.29 is 31.9 Å². The minimum atomic E-state index is -4.51. The van der Waals surface area contributed by atoms with Gasteiger partial charge in [0.05, 0.1) is 24.3 Å². The van der Waals surface area contributed by atoms with Crippen LogP contribution in [0.2, 0.25) is 5.02 Å². The van der Waals surface area contributed by atoms with Crippen molar-refractivity contribution in [3.8, 4) is 0 Å². The van der Waals surface area contributed by atoms with Crippen LogP contribution in [0.1, 0.15) is 25.0 Å². The molecule has 6 nitrogen and oxygen atoms in total. The van der Waals surface area contributed by atoms with E-state index < -0.39 is 41.0 Å². The number of rotatable bonds is 3. The van der Waals surface area contributed by atoms with E-state index in [0.29, 0.717) is 5.56 Å². The first-order chi connectivity index (χ1) is 15.8. The van der Waals surface area contributed by atoms with Gasteiger partial charge in [-0.25, -0.2) is 4.39 Å². The Morgan fingerprint density at radius 2 is 1.74 bits per heavy atom. The third kappa shape index (κ3) is 3.89. The van der Waals surface area contributed by atoms with Crippen LogP contribution in [-0.2, 0) is 27.1 Å². The molecule has 2 aliphatic heterocycles. The van der Waals surface area contributed by atoms with Crippen LogP contribution in [0.15, 0.2) is 42.5 Å². The number of nitrogens with zero attached hydrogens (tertiary/aromatic N) is 3. The lowest BCUT2D eigenvalue weighted by atomic mass is 9.81. The molecule has 2 aromatic carbocycles. The van der Waals surface area contributed by atoms with E-state index in [1.54, 1.807) is 0 Å². The van der Waals surface area contributed by atoms with E-state index in [9.17, 15) is 31.9 Å². The molecule has 0 radical (unpaired) electrons. The fraction of sp³-hybridized carbons (Fsp3) is 0.348. The van der Waals surface area contributed by atoms with E-state index in [-0.39, 0.29) is 36.3 Å². The summed E-state index contributed by atoms with van der Waals surface area (Å²) in [4.78, 5) is 42.8. The Morgan fingerprint density at radius 3 is 2.26 bits per heavy atom. The van der Waals surface area contributed by atoms with Crippen LogP contribution in [0.4, 0.5) is 23.2 Å². The lowest BCUT2D eigenvalue weighted by molar-refractivity contribution is -0.171. The lowest BCUT2D eigenvalue weighted by Crippen LogP contribution is -2.82. The number of hydrogen-bond acceptors (Lipinski definition) is 3. The molecule has 2 heterocycles. The number of benzene rings is 2. The van der Waals surface area contributed by atoms with Crippen LogP contribution in [0.25, 0.3) is 0 Å². The van der Waals surface area contributed by atoms with Crippen molar-refractivity contribution in [3.05, 3.63) is 64.4 Å². The minimum absolute atomic E-state index is 0.105. The molecule has 2 saturated heterocycles. The number of hydrogen-bond donors (Lipinski definition) is 0. The molecule has 1 spiro atoms. The summed E-state index contributed by atoms with van der Waals surface area (Å²) in [5.41, 5.74) is -2.04. The van der Waals surface area contributed by atoms with Crippen molar-refractivity contribution >= 4 is 35.0 Å². The molecule has 0 bridgehead atoms. The Balaban J connectivity index is 1.71. The lowest BCUT2D eigenvalue weighted by Gasteiger charge is -2.59. The van der Waals surface area contributed by atoms with Crippen molar-refractivity contribution in [3.63, 3.8) is 0 Å². The highest BCUT2D eigenvalue weighted by Gasteiger charge is 2.62. The Labute approximate surface area is 197 Å². The third-order valence-corrected chi connectivity index (χ3v) is 6.52. The maximum absolute atomic E-state index is 14.7. The van der Waals surface area contributed by atoms with E-state index in [1.807, 2.05) is 0 Å². The first kappa shape index (κ1) is 24.0. The number of alkyl halides is 3. The number of piperazine rings is 1. The molecule has 3 amide bonds. The summed E-state index contributed by atoms with van der Waals surface area (Å²) in [6.07, 6.45) is -4.51. The summed E-state index contributed by atoms with van der Waals surface area (Å²) in [5.74, 6) is -2.18. The van der Waals surface area contributed by atoms with Crippen LogP contribution in [0.5, 0.6) is 0 Å². The normalized spacial score (nSPS) is 20.1. The van der Waals surface area contributed by atoms with Gasteiger partial charge in [-0.2, -0.15) is 13.2 Å². The van der Waals surface area contributed by atoms with Crippen LogP contribution >= 0.6 is 11.6 Å². The molecule has 0 aromatic heterocycles. The predicted molar refractivity (Wildman–Crippen MR) is 115 cm³/mol. The van der Waals surface area contributed by atoms with Crippen molar-refractivity contribution in [1.82, 2.24) is 9.80 Å². The summed E-state index contributed by atoms with van der Waals surface area (Å²) >= 11 is 5.83. The van der Waals surface area contributed by atoms with E-state index >= 15 is 0 Å². The number of halogens is 5. The van der Waals surface area contributed by atoms with Crippen LogP contribution in [0.3, 0.4) is 0 Å². The molecule has 2 fully saturated rings. The Hall–Kier alpha value is -3.14. The fourth-order valence-corrected chi connectivity index (χ4v) is 4.54. The number of anilines is 1. The molecule has 11 heteroatoms. The van der Waals surface area contributed by atoms with Gasteiger partial charge >= 0.3 is 6.18 Å². The van der Waals surface area contributed by atoms with Crippen LogP contribution in [0, 0.1) is 5.82 Å². The minimum Gasteiger partial charge on any atom is -0.337 e. The maximum Gasteiger partial charge on any atom is 0.416 e. The largest absolute Gasteiger partial charge is 0.416 e. The molecule has 0 N–H and O–H groups in total. The predicted octanol–water partition coefficient (Wildman–Crippen LogP) is 3.86. The second-order valence-corrected chi connectivity index (χ2v) is 8.91. The van der Waals surface area contributed by atoms with Crippen molar-refractivity contribution in [2.75, 3.05) is 18.0 Å². The average molecular weight is 498 g/mol. The Bertz CT molecular complexity index is 1160. The quantitative estimate of drug-likeness (QED) is 0.605. The molecule has 2 aromatic rings. The number of likely N-dealkylation sites (tertiary alicyclic amines) is 1. The fourth-order valence-electron chi connectivity index (χ4n) is 4.38. The molecule has 1 atom stereocenters. The van der Waals surface area contributed by atoms with Crippen molar-refractivity contribution in [1.29, 1.82) is 0 Å². The van der Waals surface area contributed by atoms with Gasteiger partial charge in [-0.05, 0) is 42.8 Å². The van der Waals surface area contributed by atoms with Crippen LogP contribution < -0.4 is 4.90 Å². The average Bonchev–Trinajstić information content (AvgIpc) is 2.72. The second-order valence-electron chi connectivity index (χ2n) is 8.47. The zero-order valence-corrected chi connectivity index (χ0v) is 19.0. The monoisotopic (exact) mass is 497 g/mol. The molecule has 1 unspecified atom stereocenters. The second kappa shape index (κ2) is 8.26. The van der Waals surface area contributed by atoms with Gasteiger partial charge < -0.3 is 9.80 Å². The highest BCUT2D eigenvalue weighted by molar-refractivity contribution is 6.30. The SMILES string of the molecule is CC(=O)N1CC2(C1)C(=O)N(c1ccc(Cl)cc1F)C(C)C(=O)N2Cc1ccc(C(F)(F)F)cc1. The Kier molecular flexibility index (Phi) is 5.83. The first-order valence-corrected chi connectivity index (χ1v) is 10.7. The van der Waals surface area contributed by atoms with Gasteiger partial charge in [-0.3, -0.25) is 19.3 Å². The molecule has 180 valence electrons. The number of carbonyl (C=O) groups excluding carboxylic acids is 3. The first-order valence-electron chi connectivity index (χ1n) is 10.4. The molecular formula is C23H20ClF4N3O3. The van der Waals surface area contributed by atoms with E-state index in [1.165, 1.54) is 47.9 Å². The maximum atomic E-state index is 14.7. The van der Waals surface area contributed by atoms with Gasteiger partial charge in [0.1, 0.15) is 11.9 Å².